The van der Waals surface area contributed by atoms with Crippen LogP contribution >= 0.6 is 0 Å². The lowest BCUT2D eigenvalue weighted by molar-refractivity contribution is 0.507. The van der Waals surface area contributed by atoms with Crippen LogP contribution in [0.25, 0.3) is 0 Å². The molecule has 5 heteroatoms. The Morgan fingerprint density at radius 3 is 2.30 bits per heavy atom. The van der Waals surface area contributed by atoms with Gasteiger partial charge in [0.2, 0.25) is 0 Å². The van der Waals surface area contributed by atoms with Gasteiger partial charge in [-0.05, 0) is 42.0 Å². The van der Waals surface area contributed by atoms with Crippen molar-refractivity contribution in [2.24, 2.45) is 5.73 Å². The molecule has 0 saturated heterocycles. The summed E-state index contributed by atoms with van der Waals surface area (Å²) in [6.07, 6.45) is 0. The lowest BCUT2D eigenvalue weighted by Crippen LogP contribution is -2.17. The van der Waals surface area contributed by atoms with Gasteiger partial charge in [-0.2, -0.15) is 0 Å². The monoisotopic (exact) mass is 275 g/mol. The van der Waals surface area contributed by atoms with Gasteiger partial charge in [-0.25, -0.2) is 8.78 Å². The summed E-state index contributed by atoms with van der Waals surface area (Å²) in [6.45, 7) is 0.455. The molecule has 0 amide bonds. The van der Waals surface area contributed by atoms with E-state index in [0.29, 0.717) is 17.7 Å². The lowest BCUT2D eigenvalue weighted by Gasteiger charge is -2.19. The number of amidine groups is 1. The Labute approximate surface area is 116 Å². The molecule has 0 aliphatic carbocycles. The largest absolute Gasteiger partial charge is 0.384 e. The van der Waals surface area contributed by atoms with E-state index >= 15 is 0 Å². The van der Waals surface area contributed by atoms with Gasteiger partial charge >= 0.3 is 0 Å². The van der Waals surface area contributed by atoms with Crippen LogP contribution in [0, 0.1) is 17.0 Å². The van der Waals surface area contributed by atoms with E-state index < -0.39 is 11.6 Å². The van der Waals surface area contributed by atoms with Gasteiger partial charge in [-0.1, -0.05) is 6.07 Å². The van der Waals surface area contributed by atoms with E-state index in [2.05, 4.69) is 0 Å². The van der Waals surface area contributed by atoms with Gasteiger partial charge in [0.05, 0.1) is 0 Å². The first-order valence-corrected chi connectivity index (χ1v) is 6.07. The molecule has 0 aliphatic rings. The van der Waals surface area contributed by atoms with E-state index in [4.69, 9.17) is 11.1 Å². The van der Waals surface area contributed by atoms with Crippen molar-refractivity contribution in [2.45, 2.75) is 6.54 Å². The van der Waals surface area contributed by atoms with Crippen molar-refractivity contribution in [3.63, 3.8) is 0 Å². The molecule has 0 fully saturated rings. The minimum atomic E-state index is -0.845. The summed E-state index contributed by atoms with van der Waals surface area (Å²) < 4.78 is 26.0. The third kappa shape index (κ3) is 3.12. The average Bonchev–Trinajstić information content (AvgIpc) is 2.43. The molecular formula is C15H15F2N3. The summed E-state index contributed by atoms with van der Waals surface area (Å²) in [5, 5.41) is 7.32. The van der Waals surface area contributed by atoms with Gasteiger partial charge in [0.1, 0.15) is 5.84 Å². The fourth-order valence-electron chi connectivity index (χ4n) is 1.90. The second-order valence-corrected chi connectivity index (χ2v) is 4.57. The normalized spacial score (nSPS) is 10.3. The Balaban J connectivity index is 2.12. The van der Waals surface area contributed by atoms with E-state index in [0.717, 1.165) is 11.8 Å². The highest BCUT2D eigenvalue weighted by atomic mass is 19.2. The third-order valence-corrected chi connectivity index (χ3v) is 3.02. The maximum absolute atomic E-state index is 13.1. The third-order valence-electron chi connectivity index (χ3n) is 3.02. The number of rotatable bonds is 4. The number of benzene rings is 2. The molecule has 3 nitrogen and oxygen atoms in total. The van der Waals surface area contributed by atoms with Crippen LogP contribution in [-0.4, -0.2) is 12.9 Å². The molecule has 2 aromatic carbocycles. The Hall–Kier alpha value is -2.43. The summed E-state index contributed by atoms with van der Waals surface area (Å²) in [6, 6.07) is 11.0. The van der Waals surface area contributed by atoms with E-state index in [-0.39, 0.29) is 5.84 Å². The molecule has 0 spiro atoms. The number of nitrogens with one attached hydrogen (secondary N) is 1. The Kier molecular flexibility index (Phi) is 3.98. The summed E-state index contributed by atoms with van der Waals surface area (Å²) in [7, 11) is 1.85. The molecule has 3 N–H and O–H groups in total. The second kappa shape index (κ2) is 5.69. The van der Waals surface area contributed by atoms with Crippen molar-refractivity contribution in [3.8, 4) is 0 Å². The number of hydrogen-bond acceptors (Lipinski definition) is 2. The van der Waals surface area contributed by atoms with Crippen molar-refractivity contribution in [3.05, 3.63) is 65.2 Å². The zero-order valence-corrected chi connectivity index (χ0v) is 11.0. The molecule has 0 heterocycles. The van der Waals surface area contributed by atoms with Crippen LogP contribution in [0.15, 0.2) is 42.5 Å². The van der Waals surface area contributed by atoms with Crippen LogP contribution in [0.3, 0.4) is 0 Å². The van der Waals surface area contributed by atoms with E-state index in [1.54, 1.807) is 18.2 Å². The number of nitrogen functional groups attached to an aromatic ring is 1. The molecular weight excluding hydrogens is 260 g/mol. The molecule has 104 valence electrons. The van der Waals surface area contributed by atoms with Gasteiger partial charge in [0, 0.05) is 24.8 Å². The molecule has 0 unspecified atom stereocenters. The number of nitrogens with two attached hydrogens (primary N) is 1. The van der Waals surface area contributed by atoms with Crippen LogP contribution in [-0.2, 0) is 6.54 Å². The molecule has 0 aromatic heterocycles. The van der Waals surface area contributed by atoms with Gasteiger partial charge in [-0.3, -0.25) is 5.41 Å². The smallest absolute Gasteiger partial charge is 0.159 e. The summed E-state index contributed by atoms with van der Waals surface area (Å²) in [5.41, 5.74) is 7.62. The predicted octanol–water partition coefficient (Wildman–Crippen LogP) is 2.89. The van der Waals surface area contributed by atoms with Crippen molar-refractivity contribution in [2.75, 3.05) is 11.9 Å². The summed E-state index contributed by atoms with van der Waals surface area (Å²) in [5.74, 6) is -1.68. The fraction of sp³-hybridized carbons (Fsp3) is 0.133. The van der Waals surface area contributed by atoms with Crippen molar-refractivity contribution in [1.82, 2.24) is 0 Å². The number of halogens is 2. The molecule has 2 aromatic rings. The number of anilines is 1. The van der Waals surface area contributed by atoms with Crippen LogP contribution < -0.4 is 10.6 Å². The summed E-state index contributed by atoms with van der Waals surface area (Å²) >= 11 is 0. The Morgan fingerprint density at radius 2 is 1.75 bits per heavy atom. The quantitative estimate of drug-likeness (QED) is 0.666. The maximum atomic E-state index is 13.1. The second-order valence-electron chi connectivity index (χ2n) is 4.57. The minimum Gasteiger partial charge on any atom is -0.384 e. The summed E-state index contributed by atoms with van der Waals surface area (Å²) in [4.78, 5) is 1.90. The maximum Gasteiger partial charge on any atom is 0.159 e. The lowest BCUT2D eigenvalue weighted by atomic mass is 10.1. The van der Waals surface area contributed by atoms with Gasteiger partial charge in [0.15, 0.2) is 11.6 Å². The average molecular weight is 275 g/mol. The molecule has 0 atom stereocenters. The van der Waals surface area contributed by atoms with Gasteiger partial charge in [0.25, 0.3) is 0 Å². The van der Waals surface area contributed by atoms with Crippen LogP contribution in [0.4, 0.5) is 14.5 Å². The first-order chi connectivity index (χ1) is 9.47. The Morgan fingerprint density at radius 1 is 1.10 bits per heavy atom. The van der Waals surface area contributed by atoms with Crippen molar-refractivity contribution >= 4 is 11.5 Å². The van der Waals surface area contributed by atoms with E-state index in [1.165, 1.54) is 6.07 Å². The molecule has 0 bridgehead atoms. The van der Waals surface area contributed by atoms with Crippen molar-refractivity contribution < 1.29 is 8.78 Å². The molecule has 20 heavy (non-hydrogen) atoms. The zero-order chi connectivity index (χ0) is 14.7. The zero-order valence-electron chi connectivity index (χ0n) is 11.0. The molecule has 0 saturated carbocycles. The van der Waals surface area contributed by atoms with Crippen LogP contribution in [0.1, 0.15) is 11.1 Å². The van der Waals surface area contributed by atoms with Gasteiger partial charge in [-0.15, -0.1) is 0 Å². The van der Waals surface area contributed by atoms with Crippen LogP contribution in [0.2, 0.25) is 0 Å². The highest BCUT2D eigenvalue weighted by molar-refractivity contribution is 5.95. The Bertz CT molecular complexity index is 624. The van der Waals surface area contributed by atoms with Crippen LogP contribution in [0.5, 0.6) is 0 Å². The van der Waals surface area contributed by atoms with Gasteiger partial charge < -0.3 is 10.6 Å². The predicted molar refractivity (Wildman–Crippen MR) is 75.9 cm³/mol. The highest BCUT2D eigenvalue weighted by Crippen LogP contribution is 2.17. The molecule has 0 aliphatic heterocycles. The topological polar surface area (TPSA) is 53.1 Å². The van der Waals surface area contributed by atoms with Crippen molar-refractivity contribution in [1.29, 1.82) is 5.41 Å². The minimum absolute atomic E-state index is 0.0137. The van der Waals surface area contributed by atoms with E-state index in [9.17, 15) is 8.78 Å². The highest BCUT2D eigenvalue weighted by Gasteiger charge is 2.06. The SMILES string of the molecule is CN(Cc1ccc(F)c(F)c1)c1ccc(C(=N)N)cc1. The number of nitrogens with zero attached hydrogens (tertiary/aromatic N) is 1. The fourth-order valence-corrected chi connectivity index (χ4v) is 1.90. The first kappa shape index (κ1) is 14.0. The van der Waals surface area contributed by atoms with E-state index in [1.807, 2.05) is 24.1 Å². The standard InChI is InChI=1S/C15H15F2N3/c1-20(9-10-2-7-13(16)14(17)8-10)12-5-3-11(4-6-12)15(18)19/h2-8H,9H2,1H3,(H3,18,19). The number of hydrogen-bond donors (Lipinski definition) is 2. The molecule has 2 rings (SSSR count). The first-order valence-electron chi connectivity index (χ1n) is 6.07. The molecule has 0 radical (unpaired) electrons.